The Labute approximate surface area is 102 Å². The molecule has 1 saturated heterocycles. The lowest BCUT2D eigenvalue weighted by Gasteiger charge is -2.40. The molecule has 1 aliphatic heterocycles. The van der Waals surface area contributed by atoms with Crippen LogP contribution in [0.4, 0.5) is 0 Å². The topological polar surface area (TPSA) is 15.3 Å². The first-order valence-electron chi connectivity index (χ1n) is 5.85. The van der Waals surface area contributed by atoms with Gasteiger partial charge in [-0.3, -0.25) is 4.90 Å². The van der Waals surface area contributed by atoms with Crippen LogP contribution in [0.25, 0.3) is 0 Å². The SMILES string of the molecule is C=C(Br)CN1CC(C(C)CC)NCC1C. The van der Waals surface area contributed by atoms with Crippen molar-refractivity contribution in [3.8, 4) is 0 Å². The molecule has 1 heterocycles. The van der Waals surface area contributed by atoms with Gasteiger partial charge in [-0.05, 0) is 12.8 Å². The molecular weight excluding hydrogens is 252 g/mol. The van der Waals surface area contributed by atoms with E-state index in [4.69, 9.17) is 0 Å². The Morgan fingerprint density at radius 2 is 2.33 bits per heavy atom. The van der Waals surface area contributed by atoms with Crippen molar-refractivity contribution in [3.05, 3.63) is 11.1 Å². The summed E-state index contributed by atoms with van der Waals surface area (Å²) in [6.45, 7) is 14.0. The Kier molecular flexibility index (Phi) is 5.30. The maximum absolute atomic E-state index is 3.93. The van der Waals surface area contributed by atoms with Gasteiger partial charge in [-0.25, -0.2) is 0 Å². The zero-order valence-electron chi connectivity index (χ0n) is 10.1. The molecule has 0 radical (unpaired) electrons. The summed E-state index contributed by atoms with van der Waals surface area (Å²) in [5.41, 5.74) is 0. The van der Waals surface area contributed by atoms with Crippen LogP contribution >= 0.6 is 15.9 Å². The van der Waals surface area contributed by atoms with Crippen molar-refractivity contribution in [2.45, 2.75) is 39.3 Å². The Morgan fingerprint density at radius 1 is 1.67 bits per heavy atom. The van der Waals surface area contributed by atoms with Gasteiger partial charge in [0.2, 0.25) is 0 Å². The number of hydrogen-bond donors (Lipinski definition) is 1. The molecule has 1 rings (SSSR count). The zero-order chi connectivity index (χ0) is 11.4. The molecule has 0 aliphatic carbocycles. The lowest BCUT2D eigenvalue weighted by molar-refractivity contribution is 0.131. The first kappa shape index (κ1) is 13.2. The van der Waals surface area contributed by atoms with Crippen molar-refractivity contribution < 1.29 is 0 Å². The lowest BCUT2D eigenvalue weighted by Crippen LogP contribution is -2.57. The molecule has 0 spiro atoms. The van der Waals surface area contributed by atoms with Crippen molar-refractivity contribution in [1.82, 2.24) is 10.2 Å². The monoisotopic (exact) mass is 274 g/mol. The van der Waals surface area contributed by atoms with E-state index in [1.54, 1.807) is 0 Å². The Bertz CT molecular complexity index is 218. The van der Waals surface area contributed by atoms with Crippen LogP contribution in [0.5, 0.6) is 0 Å². The molecule has 0 saturated carbocycles. The van der Waals surface area contributed by atoms with E-state index in [0.717, 1.165) is 30.0 Å². The van der Waals surface area contributed by atoms with Crippen LogP contribution in [-0.4, -0.2) is 36.6 Å². The molecule has 3 atom stereocenters. The zero-order valence-corrected chi connectivity index (χ0v) is 11.7. The van der Waals surface area contributed by atoms with Crippen LogP contribution < -0.4 is 5.32 Å². The summed E-state index contributed by atoms with van der Waals surface area (Å²) in [5.74, 6) is 0.753. The predicted molar refractivity (Wildman–Crippen MR) is 70.3 cm³/mol. The molecule has 0 aromatic carbocycles. The van der Waals surface area contributed by atoms with Crippen LogP contribution in [0.15, 0.2) is 11.1 Å². The van der Waals surface area contributed by atoms with Crippen LogP contribution in [0.2, 0.25) is 0 Å². The van der Waals surface area contributed by atoms with Gasteiger partial charge in [0.25, 0.3) is 0 Å². The van der Waals surface area contributed by atoms with E-state index in [0.29, 0.717) is 12.1 Å². The van der Waals surface area contributed by atoms with E-state index in [9.17, 15) is 0 Å². The van der Waals surface area contributed by atoms with E-state index in [1.807, 2.05) is 0 Å². The average molecular weight is 275 g/mol. The molecule has 1 N–H and O–H groups in total. The fourth-order valence-electron chi connectivity index (χ4n) is 2.05. The maximum Gasteiger partial charge on any atom is 0.0297 e. The van der Waals surface area contributed by atoms with Crippen molar-refractivity contribution in [2.75, 3.05) is 19.6 Å². The second kappa shape index (κ2) is 6.02. The predicted octanol–water partition coefficient (Wildman–Crippen LogP) is 2.60. The first-order chi connectivity index (χ1) is 7.04. The highest BCUT2D eigenvalue weighted by Gasteiger charge is 2.27. The molecule has 3 heteroatoms. The Balaban J connectivity index is 2.51. The summed E-state index contributed by atoms with van der Waals surface area (Å²) in [7, 11) is 0. The standard InChI is InChI=1S/C12H23BrN2/c1-5-9(2)12-8-15(7-10(3)13)11(4)6-14-12/h9,11-12,14H,3,5-8H2,1-2,4H3. The highest BCUT2D eigenvalue weighted by atomic mass is 79.9. The number of rotatable bonds is 4. The quantitative estimate of drug-likeness (QED) is 0.848. The van der Waals surface area contributed by atoms with Crippen molar-refractivity contribution in [3.63, 3.8) is 0 Å². The van der Waals surface area contributed by atoms with Gasteiger partial charge in [0.1, 0.15) is 0 Å². The molecule has 1 fully saturated rings. The molecular formula is C12H23BrN2. The summed E-state index contributed by atoms with van der Waals surface area (Å²) >= 11 is 3.45. The Morgan fingerprint density at radius 3 is 2.87 bits per heavy atom. The summed E-state index contributed by atoms with van der Waals surface area (Å²) < 4.78 is 1.08. The highest BCUT2D eigenvalue weighted by Crippen LogP contribution is 2.17. The lowest BCUT2D eigenvalue weighted by atomic mass is 9.96. The van der Waals surface area contributed by atoms with Crippen LogP contribution in [0, 0.1) is 5.92 Å². The number of nitrogens with zero attached hydrogens (tertiary/aromatic N) is 1. The molecule has 1 aliphatic rings. The number of halogens is 1. The van der Waals surface area contributed by atoms with Gasteiger partial charge in [-0.2, -0.15) is 0 Å². The smallest absolute Gasteiger partial charge is 0.0297 e. The van der Waals surface area contributed by atoms with Crippen LogP contribution in [-0.2, 0) is 0 Å². The summed E-state index contributed by atoms with van der Waals surface area (Å²) in [5, 5.41) is 3.64. The van der Waals surface area contributed by atoms with E-state index in [1.165, 1.54) is 6.42 Å². The molecule has 0 aromatic heterocycles. The minimum atomic E-state index is 0.611. The summed E-state index contributed by atoms with van der Waals surface area (Å²) in [4.78, 5) is 2.50. The minimum absolute atomic E-state index is 0.611. The second-order valence-corrected chi connectivity index (χ2v) is 5.82. The molecule has 0 bridgehead atoms. The highest BCUT2D eigenvalue weighted by molar-refractivity contribution is 9.11. The molecule has 15 heavy (non-hydrogen) atoms. The van der Waals surface area contributed by atoms with Crippen molar-refractivity contribution in [1.29, 1.82) is 0 Å². The van der Waals surface area contributed by atoms with Gasteiger partial charge >= 0.3 is 0 Å². The molecule has 3 unspecified atom stereocenters. The van der Waals surface area contributed by atoms with E-state index >= 15 is 0 Å². The normalized spacial score (nSPS) is 30.1. The third kappa shape index (κ3) is 3.89. The minimum Gasteiger partial charge on any atom is -0.311 e. The maximum atomic E-state index is 3.93. The average Bonchev–Trinajstić information content (AvgIpc) is 2.19. The van der Waals surface area contributed by atoms with Crippen molar-refractivity contribution >= 4 is 15.9 Å². The number of piperazine rings is 1. The van der Waals surface area contributed by atoms with Crippen LogP contribution in [0.1, 0.15) is 27.2 Å². The third-order valence-electron chi connectivity index (χ3n) is 3.44. The summed E-state index contributed by atoms with van der Waals surface area (Å²) in [6, 6.07) is 1.25. The largest absolute Gasteiger partial charge is 0.311 e. The van der Waals surface area contributed by atoms with E-state index in [-0.39, 0.29) is 0 Å². The van der Waals surface area contributed by atoms with Gasteiger partial charge < -0.3 is 5.32 Å². The molecule has 0 aromatic rings. The van der Waals surface area contributed by atoms with E-state index < -0.39 is 0 Å². The van der Waals surface area contributed by atoms with Gasteiger partial charge in [0.15, 0.2) is 0 Å². The summed E-state index contributed by atoms with van der Waals surface area (Å²) in [6.07, 6.45) is 1.25. The third-order valence-corrected chi connectivity index (χ3v) is 3.69. The van der Waals surface area contributed by atoms with Gasteiger partial charge in [0.05, 0.1) is 0 Å². The molecule has 0 amide bonds. The van der Waals surface area contributed by atoms with Gasteiger partial charge in [0, 0.05) is 36.2 Å². The fourth-order valence-corrected chi connectivity index (χ4v) is 2.38. The molecule has 88 valence electrons. The Hall–Kier alpha value is 0.140. The fraction of sp³-hybridized carbons (Fsp3) is 0.833. The van der Waals surface area contributed by atoms with E-state index in [2.05, 4.69) is 53.5 Å². The van der Waals surface area contributed by atoms with Crippen molar-refractivity contribution in [2.24, 2.45) is 5.92 Å². The first-order valence-corrected chi connectivity index (χ1v) is 6.64. The number of nitrogens with one attached hydrogen (secondary N) is 1. The molecule has 2 nitrogen and oxygen atoms in total. The van der Waals surface area contributed by atoms with Gasteiger partial charge in [-0.1, -0.05) is 42.8 Å². The van der Waals surface area contributed by atoms with Gasteiger partial charge in [-0.15, -0.1) is 0 Å². The number of hydrogen-bond acceptors (Lipinski definition) is 2. The van der Waals surface area contributed by atoms with Crippen LogP contribution in [0.3, 0.4) is 0 Å². The second-order valence-electron chi connectivity index (χ2n) is 4.70.